The number of benzene rings is 1. The molecule has 0 spiro atoms. The van der Waals surface area contributed by atoms with Crippen molar-refractivity contribution in [3.8, 4) is 0 Å². The molecular weight excluding hydrogens is 366 g/mol. The maximum atomic E-state index is 12.3. The molecule has 1 amide bonds. The third-order valence-corrected chi connectivity index (χ3v) is 5.89. The van der Waals surface area contributed by atoms with E-state index in [9.17, 15) is 13.2 Å². The van der Waals surface area contributed by atoms with Crippen molar-refractivity contribution in [3.63, 3.8) is 0 Å². The molecule has 140 valence electrons. The number of hydrogen-bond acceptors (Lipinski definition) is 5. The van der Waals surface area contributed by atoms with Gasteiger partial charge in [-0.2, -0.15) is 0 Å². The van der Waals surface area contributed by atoms with Crippen molar-refractivity contribution < 1.29 is 17.9 Å². The molecule has 0 radical (unpaired) electrons. The minimum atomic E-state index is -3.59. The van der Waals surface area contributed by atoms with Crippen LogP contribution >= 0.6 is 12.4 Å². The quantitative estimate of drug-likeness (QED) is 0.773. The smallest absolute Gasteiger partial charge is 0.253 e. The largest absolute Gasteiger partial charge is 0.377 e. The van der Waals surface area contributed by atoms with Crippen molar-refractivity contribution in [1.29, 1.82) is 0 Å². The number of hydrogen-bond donors (Lipinski definition) is 2. The van der Waals surface area contributed by atoms with Gasteiger partial charge in [0.2, 0.25) is 10.0 Å². The van der Waals surface area contributed by atoms with E-state index in [1.807, 2.05) is 0 Å². The lowest BCUT2D eigenvalue weighted by Crippen LogP contribution is -2.32. The van der Waals surface area contributed by atoms with Crippen molar-refractivity contribution >= 4 is 28.3 Å². The minimum absolute atomic E-state index is 0. The summed E-state index contributed by atoms with van der Waals surface area (Å²) in [6.07, 6.45) is 2.57. The lowest BCUT2D eigenvalue weighted by molar-refractivity contribution is 0.0790. The van der Waals surface area contributed by atoms with Gasteiger partial charge >= 0.3 is 0 Å². The summed E-state index contributed by atoms with van der Waals surface area (Å²) in [5, 5.41) is 0. The topological polar surface area (TPSA) is 102 Å². The molecule has 2 atom stereocenters. The van der Waals surface area contributed by atoms with Crippen molar-refractivity contribution in [2.75, 3.05) is 26.2 Å². The molecule has 2 saturated heterocycles. The van der Waals surface area contributed by atoms with E-state index in [4.69, 9.17) is 10.5 Å². The van der Waals surface area contributed by atoms with Gasteiger partial charge in [-0.15, -0.1) is 12.4 Å². The van der Waals surface area contributed by atoms with Gasteiger partial charge in [0.1, 0.15) is 0 Å². The van der Waals surface area contributed by atoms with Gasteiger partial charge in [0.05, 0.1) is 11.0 Å². The van der Waals surface area contributed by atoms with E-state index in [-0.39, 0.29) is 41.9 Å². The molecule has 1 unspecified atom stereocenters. The second-order valence-electron chi connectivity index (χ2n) is 6.31. The van der Waals surface area contributed by atoms with Crippen LogP contribution in [0.1, 0.15) is 29.6 Å². The third-order valence-electron chi connectivity index (χ3n) is 4.45. The molecule has 0 bridgehead atoms. The summed E-state index contributed by atoms with van der Waals surface area (Å²) in [5.41, 5.74) is 6.29. The first-order valence-electron chi connectivity index (χ1n) is 8.22. The number of carbonyl (C=O) groups is 1. The van der Waals surface area contributed by atoms with E-state index in [1.165, 1.54) is 12.1 Å². The Bertz CT molecular complexity index is 690. The molecule has 2 heterocycles. The number of halogens is 1. The summed E-state index contributed by atoms with van der Waals surface area (Å²) >= 11 is 0. The molecule has 1 aromatic rings. The summed E-state index contributed by atoms with van der Waals surface area (Å²) in [7, 11) is -3.59. The first-order chi connectivity index (χ1) is 11.5. The molecular formula is C16H24ClN3O4S. The Morgan fingerprint density at radius 2 is 2.00 bits per heavy atom. The molecule has 0 aromatic heterocycles. The first-order valence-corrected chi connectivity index (χ1v) is 9.70. The molecule has 3 N–H and O–H groups in total. The average molecular weight is 390 g/mol. The minimum Gasteiger partial charge on any atom is -0.377 e. The molecule has 25 heavy (non-hydrogen) atoms. The Morgan fingerprint density at radius 3 is 2.56 bits per heavy atom. The van der Waals surface area contributed by atoms with Crippen LogP contribution in [-0.2, 0) is 14.8 Å². The highest BCUT2D eigenvalue weighted by molar-refractivity contribution is 7.89. The third kappa shape index (κ3) is 4.92. The zero-order valence-electron chi connectivity index (χ0n) is 13.9. The predicted octanol–water partition coefficient (Wildman–Crippen LogP) is 0.739. The second-order valence-corrected chi connectivity index (χ2v) is 8.08. The highest BCUT2D eigenvalue weighted by Crippen LogP contribution is 2.16. The van der Waals surface area contributed by atoms with Gasteiger partial charge < -0.3 is 15.4 Å². The van der Waals surface area contributed by atoms with E-state index in [1.54, 1.807) is 17.0 Å². The Balaban J connectivity index is 0.00000225. The lowest BCUT2D eigenvalue weighted by Gasteiger charge is -2.16. The fourth-order valence-corrected chi connectivity index (χ4v) is 4.09. The van der Waals surface area contributed by atoms with Gasteiger partial charge in [-0.05, 0) is 43.5 Å². The van der Waals surface area contributed by atoms with Crippen LogP contribution in [0.2, 0.25) is 0 Å². The summed E-state index contributed by atoms with van der Waals surface area (Å²) in [6.45, 7) is 2.14. The Hall–Kier alpha value is -1.19. The van der Waals surface area contributed by atoms with Gasteiger partial charge in [-0.3, -0.25) is 4.79 Å². The molecule has 1 aromatic carbocycles. The number of sulfonamides is 1. The van der Waals surface area contributed by atoms with Crippen LogP contribution in [0.4, 0.5) is 0 Å². The van der Waals surface area contributed by atoms with Gasteiger partial charge in [-0.25, -0.2) is 13.1 Å². The maximum Gasteiger partial charge on any atom is 0.253 e. The molecule has 9 heteroatoms. The van der Waals surface area contributed by atoms with Gasteiger partial charge in [-0.1, -0.05) is 0 Å². The number of nitrogens with one attached hydrogen (secondary N) is 1. The number of carbonyl (C=O) groups excluding carboxylic acids is 1. The fraction of sp³-hybridized carbons (Fsp3) is 0.562. The maximum absolute atomic E-state index is 12.3. The van der Waals surface area contributed by atoms with E-state index < -0.39 is 10.0 Å². The Morgan fingerprint density at radius 1 is 1.28 bits per heavy atom. The number of nitrogens with zero attached hydrogens (tertiary/aromatic N) is 1. The van der Waals surface area contributed by atoms with E-state index >= 15 is 0 Å². The molecule has 0 saturated carbocycles. The zero-order chi connectivity index (χ0) is 17.2. The number of amides is 1. The summed E-state index contributed by atoms with van der Waals surface area (Å²) in [5.74, 6) is -0.112. The highest BCUT2D eigenvalue weighted by atomic mass is 35.5. The van der Waals surface area contributed by atoms with Crippen molar-refractivity contribution in [2.45, 2.75) is 36.3 Å². The molecule has 2 aliphatic rings. The molecule has 7 nitrogen and oxygen atoms in total. The molecule has 0 aliphatic carbocycles. The fourth-order valence-electron chi connectivity index (χ4n) is 3.02. The number of nitrogens with two attached hydrogens (primary N) is 1. The van der Waals surface area contributed by atoms with E-state index in [0.29, 0.717) is 25.3 Å². The van der Waals surface area contributed by atoms with Crippen molar-refractivity contribution in [1.82, 2.24) is 9.62 Å². The molecule has 2 aliphatic heterocycles. The molecule has 2 fully saturated rings. The van der Waals surface area contributed by atoms with Gasteiger partial charge in [0.25, 0.3) is 5.91 Å². The summed E-state index contributed by atoms with van der Waals surface area (Å²) in [6, 6.07) is 6.04. The normalized spacial score (nSPS) is 23.5. The Kier molecular flexibility index (Phi) is 6.81. The van der Waals surface area contributed by atoms with Crippen LogP contribution in [-0.4, -0.2) is 57.6 Å². The number of ether oxygens (including phenoxy) is 1. The highest BCUT2D eigenvalue weighted by Gasteiger charge is 2.25. The second kappa shape index (κ2) is 8.46. The standard InChI is InChI=1S/C16H23N3O4S.ClH/c17-13-7-8-19(11-13)16(20)12-3-5-15(6-4-12)24(21,22)18-10-14-2-1-9-23-14;/h3-6,13-14,18H,1-2,7-11,17H2;1H/t13-,14?;/m1./s1. The summed E-state index contributed by atoms with van der Waals surface area (Å²) < 4.78 is 32.6. The van der Waals surface area contributed by atoms with Crippen LogP contribution in [0.25, 0.3) is 0 Å². The van der Waals surface area contributed by atoms with E-state index in [2.05, 4.69) is 4.72 Å². The van der Waals surface area contributed by atoms with Gasteiger partial charge in [0.15, 0.2) is 0 Å². The van der Waals surface area contributed by atoms with Crippen LogP contribution in [0, 0.1) is 0 Å². The molecule has 3 rings (SSSR count). The monoisotopic (exact) mass is 389 g/mol. The zero-order valence-corrected chi connectivity index (χ0v) is 15.5. The van der Waals surface area contributed by atoms with Crippen molar-refractivity contribution in [2.24, 2.45) is 5.73 Å². The van der Waals surface area contributed by atoms with Crippen molar-refractivity contribution in [3.05, 3.63) is 29.8 Å². The van der Waals surface area contributed by atoms with Crippen LogP contribution in [0.15, 0.2) is 29.2 Å². The van der Waals surface area contributed by atoms with Gasteiger partial charge in [0, 0.05) is 37.8 Å². The van der Waals surface area contributed by atoms with E-state index in [0.717, 1.165) is 19.3 Å². The predicted molar refractivity (Wildman–Crippen MR) is 96.3 cm³/mol. The Labute approximate surface area is 154 Å². The summed E-state index contributed by atoms with van der Waals surface area (Å²) in [4.78, 5) is 14.2. The number of likely N-dealkylation sites (tertiary alicyclic amines) is 1. The average Bonchev–Trinajstić information content (AvgIpc) is 3.24. The number of rotatable bonds is 5. The van der Waals surface area contributed by atoms with Crippen LogP contribution < -0.4 is 10.5 Å². The van der Waals surface area contributed by atoms with Crippen LogP contribution in [0.5, 0.6) is 0 Å². The SMILES string of the molecule is Cl.N[C@@H]1CCN(C(=O)c2ccc(S(=O)(=O)NCC3CCCO3)cc2)C1. The first kappa shape index (κ1) is 20.1. The van der Waals surface area contributed by atoms with Crippen LogP contribution in [0.3, 0.4) is 0 Å². The lowest BCUT2D eigenvalue weighted by atomic mass is 10.2.